The number of benzene rings is 1. The minimum Gasteiger partial charge on any atom is -0.368 e. The monoisotopic (exact) mass is 364 g/mol. The van der Waals surface area contributed by atoms with Crippen molar-refractivity contribution in [1.29, 1.82) is 0 Å². The molecule has 27 heavy (non-hydrogen) atoms. The second kappa shape index (κ2) is 7.31. The summed E-state index contributed by atoms with van der Waals surface area (Å²) >= 11 is 0. The number of carbonyl (C=O) groups excluding carboxylic acids is 1. The summed E-state index contributed by atoms with van der Waals surface area (Å²) in [5, 5.41) is 3.32. The first kappa shape index (κ1) is 18.0. The van der Waals surface area contributed by atoms with Crippen LogP contribution < -0.4 is 10.2 Å². The number of nitrogens with one attached hydrogen (secondary N) is 1. The first-order valence-corrected chi connectivity index (χ1v) is 9.80. The molecule has 2 saturated heterocycles. The Bertz CT molecular complexity index is 788. The highest BCUT2D eigenvalue weighted by molar-refractivity contribution is 5.85. The number of pyridine rings is 1. The molecule has 2 aromatic rings. The molecule has 1 N–H and O–H groups in total. The molecule has 2 aliphatic heterocycles. The molecule has 142 valence electrons. The van der Waals surface area contributed by atoms with E-state index in [0.717, 1.165) is 57.1 Å². The number of carbonyl (C=O) groups is 1. The van der Waals surface area contributed by atoms with Gasteiger partial charge in [-0.3, -0.25) is 9.78 Å². The maximum atomic E-state index is 13.3. The third kappa shape index (κ3) is 3.69. The average molecular weight is 364 g/mol. The number of piperazine rings is 1. The smallest absolute Gasteiger partial charge is 0.231 e. The van der Waals surface area contributed by atoms with E-state index in [-0.39, 0.29) is 5.41 Å². The van der Waals surface area contributed by atoms with Gasteiger partial charge in [0.15, 0.2) is 0 Å². The maximum absolute atomic E-state index is 13.3. The van der Waals surface area contributed by atoms with Crippen molar-refractivity contribution in [3.8, 4) is 0 Å². The summed E-state index contributed by atoms with van der Waals surface area (Å²) in [5.41, 5.74) is 4.29. The van der Waals surface area contributed by atoms with Crippen molar-refractivity contribution in [3.05, 3.63) is 59.4 Å². The van der Waals surface area contributed by atoms with Crippen molar-refractivity contribution >= 4 is 11.6 Å². The Morgan fingerprint density at radius 2 is 1.67 bits per heavy atom. The van der Waals surface area contributed by atoms with Crippen LogP contribution in [0, 0.1) is 19.3 Å². The van der Waals surface area contributed by atoms with Gasteiger partial charge < -0.3 is 15.1 Å². The fourth-order valence-electron chi connectivity index (χ4n) is 4.26. The van der Waals surface area contributed by atoms with Crippen LogP contribution in [0.4, 0.5) is 5.69 Å². The van der Waals surface area contributed by atoms with E-state index in [2.05, 4.69) is 56.5 Å². The number of rotatable bonds is 4. The molecule has 2 aliphatic rings. The van der Waals surface area contributed by atoms with Gasteiger partial charge in [0.1, 0.15) is 0 Å². The normalized spacial score (nSPS) is 18.9. The zero-order valence-electron chi connectivity index (χ0n) is 16.2. The average Bonchev–Trinajstić information content (AvgIpc) is 2.64. The number of hydrogen-bond donors (Lipinski definition) is 1. The summed E-state index contributed by atoms with van der Waals surface area (Å²) in [6.45, 7) is 8.96. The fraction of sp³-hybridized carbons (Fsp3) is 0.455. The van der Waals surface area contributed by atoms with Crippen LogP contribution in [0.15, 0.2) is 42.5 Å². The fourth-order valence-corrected chi connectivity index (χ4v) is 4.26. The second-order valence-corrected chi connectivity index (χ2v) is 7.93. The molecule has 0 atom stereocenters. The van der Waals surface area contributed by atoms with Gasteiger partial charge in [0.25, 0.3) is 0 Å². The molecule has 4 rings (SSSR count). The Balaban J connectivity index is 1.42. The van der Waals surface area contributed by atoms with Crippen LogP contribution in [0.3, 0.4) is 0 Å². The largest absolute Gasteiger partial charge is 0.368 e. The first-order valence-electron chi connectivity index (χ1n) is 9.80. The predicted octanol–water partition coefficient (Wildman–Crippen LogP) is 2.18. The molecule has 5 nitrogen and oxygen atoms in total. The highest BCUT2D eigenvalue weighted by Crippen LogP contribution is 2.31. The molecule has 0 spiro atoms. The van der Waals surface area contributed by atoms with Crippen LogP contribution in [-0.2, 0) is 11.2 Å². The van der Waals surface area contributed by atoms with Gasteiger partial charge in [-0.25, -0.2) is 0 Å². The minimum atomic E-state index is -0.270. The van der Waals surface area contributed by atoms with Gasteiger partial charge >= 0.3 is 0 Å². The number of nitrogens with zero attached hydrogens (tertiary/aromatic N) is 3. The summed E-state index contributed by atoms with van der Waals surface area (Å²) < 4.78 is 0. The third-order valence-corrected chi connectivity index (χ3v) is 5.76. The van der Waals surface area contributed by atoms with Gasteiger partial charge in [-0.15, -0.1) is 0 Å². The number of amides is 1. The number of hydrogen-bond acceptors (Lipinski definition) is 4. The van der Waals surface area contributed by atoms with E-state index < -0.39 is 0 Å². The summed E-state index contributed by atoms with van der Waals surface area (Å²) in [6.07, 6.45) is 0.822. The lowest BCUT2D eigenvalue weighted by molar-refractivity contribution is -0.145. The summed E-state index contributed by atoms with van der Waals surface area (Å²) in [4.78, 5) is 22.2. The molecule has 0 unspecified atom stereocenters. The Labute approximate surface area is 161 Å². The van der Waals surface area contributed by atoms with Crippen LogP contribution in [0.25, 0.3) is 0 Å². The predicted molar refractivity (Wildman–Crippen MR) is 108 cm³/mol. The van der Waals surface area contributed by atoms with E-state index in [0.29, 0.717) is 5.91 Å². The third-order valence-electron chi connectivity index (χ3n) is 5.76. The topological polar surface area (TPSA) is 48.5 Å². The Hall–Kier alpha value is -2.40. The van der Waals surface area contributed by atoms with Crippen LogP contribution in [0.2, 0.25) is 0 Å². The van der Waals surface area contributed by atoms with Crippen molar-refractivity contribution in [3.63, 3.8) is 0 Å². The van der Waals surface area contributed by atoms with Crippen LogP contribution in [0.5, 0.6) is 0 Å². The maximum Gasteiger partial charge on any atom is 0.231 e. The zero-order valence-corrected chi connectivity index (χ0v) is 16.2. The number of anilines is 1. The lowest BCUT2D eigenvalue weighted by atomic mass is 9.75. The van der Waals surface area contributed by atoms with Crippen molar-refractivity contribution in [2.75, 3.05) is 44.2 Å². The van der Waals surface area contributed by atoms with E-state index in [1.165, 1.54) is 11.3 Å². The Morgan fingerprint density at radius 3 is 2.22 bits per heavy atom. The van der Waals surface area contributed by atoms with Crippen LogP contribution >= 0.6 is 0 Å². The molecule has 0 aliphatic carbocycles. The molecule has 0 saturated carbocycles. The van der Waals surface area contributed by atoms with Gasteiger partial charge in [0.05, 0.1) is 5.41 Å². The van der Waals surface area contributed by atoms with Gasteiger partial charge in [-0.2, -0.15) is 0 Å². The Kier molecular flexibility index (Phi) is 4.87. The highest BCUT2D eigenvalue weighted by Gasteiger charge is 2.46. The van der Waals surface area contributed by atoms with Gasteiger partial charge in [-0.1, -0.05) is 30.3 Å². The lowest BCUT2D eigenvalue weighted by Crippen LogP contribution is -2.65. The standard InChI is InChI=1S/C22H28N4O/c1-17-12-20(13-18(2)24-17)25-8-10-26(11-9-25)21(27)22(15-23-16-22)14-19-6-4-3-5-7-19/h3-7,12-13,23H,8-11,14-16H2,1-2H3. The molecule has 5 heteroatoms. The van der Waals surface area contributed by atoms with Crippen LogP contribution in [0.1, 0.15) is 17.0 Å². The number of aryl methyl sites for hydroxylation is 2. The van der Waals surface area contributed by atoms with E-state index in [4.69, 9.17) is 0 Å². The van der Waals surface area contributed by atoms with Gasteiger partial charge in [0.2, 0.25) is 5.91 Å². The van der Waals surface area contributed by atoms with E-state index in [9.17, 15) is 4.79 Å². The van der Waals surface area contributed by atoms with Crippen molar-refractivity contribution in [2.24, 2.45) is 5.41 Å². The van der Waals surface area contributed by atoms with Gasteiger partial charge in [0, 0.05) is 56.3 Å². The van der Waals surface area contributed by atoms with E-state index >= 15 is 0 Å². The highest BCUT2D eigenvalue weighted by atomic mass is 16.2. The minimum absolute atomic E-state index is 0.270. The van der Waals surface area contributed by atoms with Crippen molar-refractivity contribution in [1.82, 2.24) is 15.2 Å². The summed E-state index contributed by atoms with van der Waals surface area (Å²) in [7, 11) is 0. The van der Waals surface area contributed by atoms with Crippen LogP contribution in [-0.4, -0.2) is 55.1 Å². The summed E-state index contributed by atoms with van der Waals surface area (Å²) in [6, 6.07) is 14.7. The molecule has 1 amide bonds. The zero-order chi connectivity index (χ0) is 18.9. The van der Waals surface area contributed by atoms with Gasteiger partial charge in [-0.05, 0) is 38.0 Å². The SMILES string of the molecule is Cc1cc(N2CCN(C(=O)C3(Cc4ccccc4)CNC3)CC2)cc(C)n1. The lowest BCUT2D eigenvalue weighted by Gasteiger charge is -2.46. The Morgan fingerprint density at radius 1 is 1.04 bits per heavy atom. The second-order valence-electron chi connectivity index (χ2n) is 7.93. The molecule has 1 aromatic heterocycles. The quantitative estimate of drug-likeness (QED) is 0.903. The molecule has 0 radical (unpaired) electrons. The molecule has 0 bridgehead atoms. The first-order chi connectivity index (χ1) is 13.1. The number of aromatic nitrogens is 1. The molecule has 2 fully saturated rings. The molecule has 3 heterocycles. The van der Waals surface area contributed by atoms with Crippen molar-refractivity contribution in [2.45, 2.75) is 20.3 Å². The molecule has 1 aromatic carbocycles. The van der Waals surface area contributed by atoms with E-state index in [1.54, 1.807) is 0 Å². The van der Waals surface area contributed by atoms with Crippen molar-refractivity contribution < 1.29 is 4.79 Å². The molecular weight excluding hydrogens is 336 g/mol. The summed E-state index contributed by atoms with van der Waals surface area (Å²) in [5.74, 6) is 0.312. The molecular formula is C22H28N4O. The van der Waals surface area contributed by atoms with E-state index in [1.807, 2.05) is 19.9 Å².